The van der Waals surface area contributed by atoms with Gasteiger partial charge in [0.15, 0.2) is 0 Å². The molecular formula is C6H10N2O7S3. The van der Waals surface area contributed by atoms with Crippen LogP contribution in [0.2, 0.25) is 0 Å². The summed E-state index contributed by atoms with van der Waals surface area (Å²) in [6.07, 6.45) is 0. The van der Waals surface area contributed by atoms with E-state index in [9.17, 15) is 13.8 Å². The zero-order valence-electron chi connectivity index (χ0n) is 8.81. The summed E-state index contributed by atoms with van der Waals surface area (Å²) in [6.45, 7) is 0. The van der Waals surface area contributed by atoms with E-state index >= 15 is 0 Å². The Hall–Kier alpha value is -0.370. The summed E-state index contributed by atoms with van der Waals surface area (Å²) in [5.74, 6) is -1.42. The molecule has 0 aromatic carbocycles. The van der Waals surface area contributed by atoms with Gasteiger partial charge in [-0.05, 0) is 8.67 Å². The van der Waals surface area contributed by atoms with Gasteiger partial charge in [0.25, 0.3) is 0 Å². The first kappa shape index (κ1) is 15.7. The normalized spacial score (nSPS) is 32.4. The SMILES string of the molecule is NC1CSSCC(N)C(=O)OOS(=O)OOC1=O. The lowest BCUT2D eigenvalue weighted by Crippen LogP contribution is -2.34. The van der Waals surface area contributed by atoms with Crippen molar-refractivity contribution in [1.29, 1.82) is 0 Å². The minimum Gasteiger partial charge on any atom is -0.318 e. The van der Waals surface area contributed by atoms with Crippen molar-refractivity contribution in [2.45, 2.75) is 12.1 Å². The fourth-order valence-corrected chi connectivity index (χ4v) is 3.12. The van der Waals surface area contributed by atoms with Gasteiger partial charge in [0.05, 0.1) is 0 Å². The number of hydrogen-bond donors (Lipinski definition) is 2. The molecule has 1 rings (SSSR count). The van der Waals surface area contributed by atoms with Crippen molar-refractivity contribution in [3.63, 3.8) is 0 Å². The maximum absolute atomic E-state index is 11.2. The van der Waals surface area contributed by atoms with Crippen LogP contribution in [0.15, 0.2) is 0 Å². The van der Waals surface area contributed by atoms with Crippen LogP contribution < -0.4 is 11.5 Å². The van der Waals surface area contributed by atoms with Crippen LogP contribution in [0.3, 0.4) is 0 Å². The lowest BCUT2D eigenvalue weighted by atomic mass is 10.4. The average Bonchev–Trinajstić information content (AvgIpc) is 2.36. The second-order valence-corrected chi connectivity index (χ2v) is 6.16. The summed E-state index contributed by atoms with van der Waals surface area (Å²) < 4.78 is 18.9. The fourth-order valence-electron chi connectivity index (χ4n) is 0.636. The molecule has 0 bridgehead atoms. The van der Waals surface area contributed by atoms with Crippen molar-refractivity contribution >= 4 is 44.9 Å². The van der Waals surface area contributed by atoms with Gasteiger partial charge in [0.2, 0.25) is 0 Å². The van der Waals surface area contributed by atoms with Crippen LogP contribution in [0.25, 0.3) is 0 Å². The van der Waals surface area contributed by atoms with Crippen LogP contribution in [-0.2, 0) is 39.4 Å². The smallest absolute Gasteiger partial charge is 0.318 e. The van der Waals surface area contributed by atoms with E-state index in [0.29, 0.717) is 0 Å². The number of carbonyl (C=O) groups excluding carboxylic acids is 2. The van der Waals surface area contributed by atoms with Crippen LogP contribution >= 0.6 is 21.6 Å². The first-order chi connectivity index (χ1) is 8.50. The van der Waals surface area contributed by atoms with Crippen LogP contribution in [0, 0.1) is 0 Å². The lowest BCUT2D eigenvalue weighted by molar-refractivity contribution is -0.240. The number of hydrogen-bond acceptors (Lipinski definition) is 11. The summed E-state index contributed by atoms with van der Waals surface area (Å²) in [4.78, 5) is 30.6. The Morgan fingerprint density at radius 1 is 1.00 bits per heavy atom. The van der Waals surface area contributed by atoms with Crippen LogP contribution in [0.4, 0.5) is 0 Å². The predicted molar refractivity (Wildman–Crippen MR) is 63.4 cm³/mol. The van der Waals surface area contributed by atoms with E-state index < -0.39 is 35.4 Å². The van der Waals surface area contributed by atoms with E-state index in [1.165, 1.54) is 21.6 Å². The summed E-state index contributed by atoms with van der Waals surface area (Å²) in [5, 5.41) is 0. The van der Waals surface area contributed by atoms with Gasteiger partial charge in [-0.15, -0.1) is 0 Å². The monoisotopic (exact) mass is 318 g/mol. The summed E-state index contributed by atoms with van der Waals surface area (Å²) in [7, 11) is 2.45. The lowest BCUT2D eigenvalue weighted by Gasteiger charge is -2.08. The van der Waals surface area contributed by atoms with Crippen molar-refractivity contribution in [1.82, 2.24) is 0 Å². The maximum Gasteiger partial charge on any atom is 0.381 e. The Kier molecular flexibility index (Phi) is 6.91. The topological polar surface area (TPSA) is 140 Å². The van der Waals surface area contributed by atoms with Gasteiger partial charge in [0, 0.05) is 11.5 Å². The second-order valence-electron chi connectivity index (χ2n) is 2.93. The van der Waals surface area contributed by atoms with E-state index in [2.05, 4.69) is 18.4 Å². The third-order valence-corrected chi connectivity index (χ3v) is 4.36. The third-order valence-electron chi connectivity index (χ3n) is 1.53. The summed E-state index contributed by atoms with van der Waals surface area (Å²) in [6, 6.07) is -1.93. The van der Waals surface area contributed by atoms with Gasteiger partial charge in [-0.3, -0.25) is 9.78 Å². The van der Waals surface area contributed by atoms with Crippen LogP contribution in [0.5, 0.6) is 0 Å². The van der Waals surface area contributed by atoms with Crippen molar-refractivity contribution in [3.05, 3.63) is 0 Å². The van der Waals surface area contributed by atoms with Gasteiger partial charge in [-0.25, -0.2) is 9.59 Å². The highest BCUT2D eigenvalue weighted by Gasteiger charge is 2.23. The maximum atomic E-state index is 11.2. The predicted octanol–water partition coefficient (Wildman–Crippen LogP) is -1.44. The second kappa shape index (κ2) is 7.93. The van der Waals surface area contributed by atoms with Gasteiger partial charge >= 0.3 is 23.3 Å². The first-order valence-electron chi connectivity index (χ1n) is 4.45. The van der Waals surface area contributed by atoms with E-state index in [4.69, 9.17) is 11.5 Å². The Labute approximate surface area is 112 Å². The molecular weight excluding hydrogens is 308 g/mol. The molecule has 2 unspecified atom stereocenters. The van der Waals surface area contributed by atoms with Crippen LogP contribution in [0.1, 0.15) is 0 Å². The van der Waals surface area contributed by atoms with Crippen molar-refractivity contribution in [2.24, 2.45) is 11.5 Å². The zero-order valence-corrected chi connectivity index (χ0v) is 11.3. The van der Waals surface area contributed by atoms with Gasteiger partial charge in [0.1, 0.15) is 12.1 Å². The molecule has 4 N–H and O–H groups in total. The van der Waals surface area contributed by atoms with Gasteiger partial charge in [-0.1, -0.05) is 21.6 Å². The molecule has 0 saturated carbocycles. The minimum absolute atomic E-state index is 0.210. The number of nitrogens with two attached hydrogens (primary N) is 2. The molecule has 0 spiro atoms. The highest BCUT2D eigenvalue weighted by Crippen LogP contribution is 2.22. The average molecular weight is 318 g/mol. The molecule has 1 aliphatic heterocycles. The van der Waals surface area contributed by atoms with Gasteiger partial charge < -0.3 is 11.5 Å². The van der Waals surface area contributed by atoms with E-state index in [0.717, 1.165) is 0 Å². The molecule has 0 aromatic heterocycles. The molecule has 0 amide bonds. The summed E-state index contributed by atoms with van der Waals surface area (Å²) >= 11 is -2.59. The Morgan fingerprint density at radius 2 is 1.39 bits per heavy atom. The Morgan fingerprint density at radius 3 is 1.78 bits per heavy atom. The molecule has 0 aliphatic carbocycles. The zero-order chi connectivity index (χ0) is 13.5. The highest BCUT2D eigenvalue weighted by atomic mass is 33.1. The quantitative estimate of drug-likeness (QED) is 0.401. The Balaban J connectivity index is 2.58. The standard InChI is InChI=1S/C6H10N2O7S3/c7-3-1-16-17-2-4(8)6(10)13-15-18(11)14-12-5(3)9/h3-4H,1-2,7-8H2. The molecule has 104 valence electrons. The molecule has 12 heteroatoms. The first-order valence-corrected chi connectivity index (χ1v) is 7.94. The molecule has 0 aromatic rings. The largest absolute Gasteiger partial charge is 0.381 e. The van der Waals surface area contributed by atoms with Crippen molar-refractivity contribution in [3.8, 4) is 0 Å². The molecule has 18 heavy (non-hydrogen) atoms. The Bertz CT molecular complexity index is 311. The number of rotatable bonds is 0. The molecule has 1 aliphatic rings. The number of carbonyl (C=O) groups is 2. The van der Waals surface area contributed by atoms with Crippen LogP contribution in [-0.4, -0.2) is 39.7 Å². The summed E-state index contributed by atoms with van der Waals surface area (Å²) in [5.41, 5.74) is 10.9. The highest BCUT2D eigenvalue weighted by molar-refractivity contribution is 8.76. The molecule has 0 radical (unpaired) electrons. The third kappa shape index (κ3) is 5.51. The fraction of sp³-hybridized carbons (Fsp3) is 0.667. The molecule has 1 fully saturated rings. The molecule has 2 atom stereocenters. The van der Waals surface area contributed by atoms with Crippen molar-refractivity contribution < 1.29 is 32.2 Å². The molecule has 1 saturated heterocycles. The van der Waals surface area contributed by atoms with Crippen molar-refractivity contribution in [2.75, 3.05) is 11.5 Å². The van der Waals surface area contributed by atoms with E-state index in [1.807, 2.05) is 0 Å². The molecule has 9 nitrogen and oxygen atoms in total. The minimum atomic E-state index is -2.59. The molecule has 1 heterocycles. The van der Waals surface area contributed by atoms with E-state index in [1.54, 1.807) is 0 Å². The van der Waals surface area contributed by atoms with Gasteiger partial charge in [-0.2, -0.15) is 4.21 Å². The van der Waals surface area contributed by atoms with E-state index in [-0.39, 0.29) is 11.5 Å².